The van der Waals surface area contributed by atoms with Gasteiger partial charge in [0, 0.05) is 20.5 Å². The zero-order valence-corrected chi connectivity index (χ0v) is 13.5. The first-order valence-electron chi connectivity index (χ1n) is 6.22. The van der Waals surface area contributed by atoms with Crippen LogP contribution in [0.4, 0.5) is 5.69 Å². The van der Waals surface area contributed by atoms with Crippen molar-refractivity contribution in [2.45, 2.75) is 0 Å². The van der Waals surface area contributed by atoms with Gasteiger partial charge in [-0.2, -0.15) is 0 Å². The molecule has 0 radical (unpaired) electrons. The standard InChI is InChI=1S/C15H12BrN3O3/c1-21-13-7-11(12(18-19-17)8-14(13)22-2)15(20)9-3-5-10(16)6-4-9/h3-8H,1-2H3. The van der Waals surface area contributed by atoms with E-state index in [0.717, 1.165) is 4.47 Å². The molecule has 0 spiro atoms. The van der Waals surface area contributed by atoms with Crippen LogP contribution < -0.4 is 9.47 Å². The van der Waals surface area contributed by atoms with Crippen LogP contribution in [0.15, 0.2) is 46.0 Å². The van der Waals surface area contributed by atoms with Crippen LogP contribution >= 0.6 is 15.9 Å². The van der Waals surface area contributed by atoms with Gasteiger partial charge in [-0.15, -0.1) is 0 Å². The quantitative estimate of drug-likeness (QED) is 0.336. The van der Waals surface area contributed by atoms with Crippen LogP contribution in [0.5, 0.6) is 11.5 Å². The topological polar surface area (TPSA) is 84.3 Å². The minimum atomic E-state index is -0.268. The second-order valence-corrected chi connectivity index (χ2v) is 5.17. The van der Waals surface area contributed by atoms with E-state index < -0.39 is 0 Å². The minimum absolute atomic E-state index is 0.188. The summed E-state index contributed by atoms with van der Waals surface area (Å²) in [6.45, 7) is 0. The number of hydrogen-bond acceptors (Lipinski definition) is 4. The van der Waals surface area contributed by atoms with Crippen molar-refractivity contribution in [3.05, 3.63) is 62.4 Å². The zero-order chi connectivity index (χ0) is 16.1. The second-order valence-electron chi connectivity index (χ2n) is 4.25. The van der Waals surface area contributed by atoms with Crippen molar-refractivity contribution in [2.75, 3.05) is 14.2 Å². The van der Waals surface area contributed by atoms with Crippen LogP contribution in [-0.4, -0.2) is 20.0 Å². The predicted octanol–water partition coefficient (Wildman–Crippen LogP) is 4.64. The lowest BCUT2D eigenvalue weighted by atomic mass is 10.0. The van der Waals surface area contributed by atoms with Crippen molar-refractivity contribution in [1.29, 1.82) is 0 Å². The third kappa shape index (κ3) is 3.21. The van der Waals surface area contributed by atoms with Crippen LogP contribution in [0.1, 0.15) is 15.9 Å². The second kappa shape index (κ2) is 6.98. The maximum Gasteiger partial charge on any atom is 0.193 e. The SMILES string of the molecule is COc1cc(N=[N+]=[N-])c(C(=O)c2ccc(Br)cc2)cc1OC. The first kappa shape index (κ1) is 15.9. The van der Waals surface area contributed by atoms with E-state index in [2.05, 4.69) is 26.0 Å². The molecule has 0 aliphatic rings. The first-order valence-corrected chi connectivity index (χ1v) is 7.01. The Morgan fingerprint density at radius 3 is 2.27 bits per heavy atom. The van der Waals surface area contributed by atoms with Gasteiger partial charge < -0.3 is 9.47 Å². The third-order valence-corrected chi connectivity index (χ3v) is 3.53. The van der Waals surface area contributed by atoms with Crippen LogP contribution in [0.2, 0.25) is 0 Å². The number of hydrogen-bond donors (Lipinski definition) is 0. The lowest BCUT2D eigenvalue weighted by Crippen LogP contribution is -2.03. The number of rotatable bonds is 5. The van der Waals surface area contributed by atoms with Gasteiger partial charge in [-0.1, -0.05) is 21.0 Å². The molecule has 0 saturated heterocycles. The largest absolute Gasteiger partial charge is 0.493 e. The zero-order valence-electron chi connectivity index (χ0n) is 11.9. The Morgan fingerprint density at radius 2 is 1.73 bits per heavy atom. The van der Waals surface area contributed by atoms with E-state index in [4.69, 9.17) is 15.0 Å². The van der Waals surface area contributed by atoms with Crippen molar-refractivity contribution < 1.29 is 14.3 Å². The fourth-order valence-electron chi connectivity index (χ4n) is 1.94. The van der Waals surface area contributed by atoms with Gasteiger partial charge in [0.1, 0.15) is 0 Å². The Hall–Kier alpha value is -2.50. The summed E-state index contributed by atoms with van der Waals surface area (Å²) in [5.74, 6) is 0.507. The van der Waals surface area contributed by atoms with E-state index in [1.165, 1.54) is 26.4 Å². The maximum absolute atomic E-state index is 12.6. The first-order chi connectivity index (χ1) is 10.6. The summed E-state index contributed by atoms with van der Waals surface area (Å²) in [4.78, 5) is 15.4. The molecule has 2 aromatic carbocycles. The fourth-order valence-corrected chi connectivity index (χ4v) is 2.20. The molecule has 0 aliphatic carbocycles. The molecule has 2 aromatic rings. The Labute approximate surface area is 135 Å². The highest BCUT2D eigenvalue weighted by Crippen LogP contribution is 2.36. The van der Waals surface area contributed by atoms with Gasteiger partial charge in [0.15, 0.2) is 17.3 Å². The Bertz CT molecular complexity index is 753. The molecular formula is C15H12BrN3O3. The number of azide groups is 1. The van der Waals surface area contributed by atoms with Crippen molar-refractivity contribution in [3.8, 4) is 11.5 Å². The number of carbonyl (C=O) groups excluding carboxylic acids is 1. The maximum atomic E-state index is 12.6. The van der Waals surface area contributed by atoms with E-state index >= 15 is 0 Å². The van der Waals surface area contributed by atoms with Crippen LogP contribution in [0, 0.1) is 0 Å². The third-order valence-electron chi connectivity index (χ3n) is 3.01. The van der Waals surface area contributed by atoms with Gasteiger partial charge in [-0.25, -0.2) is 0 Å². The molecule has 0 amide bonds. The van der Waals surface area contributed by atoms with Crippen molar-refractivity contribution in [2.24, 2.45) is 5.11 Å². The van der Waals surface area contributed by atoms with Crippen molar-refractivity contribution in [3.63, 3.8) is 0 Å². The van der Waals surface area contributed by atoms with Crippen LogP contribution in [0.3, 0.4) is 0 Å². The molecule has 7 heteroatoms. The van der Waals surface area contributed by atoms with Gasteiger partial charge in [0.05, 0.1) is 19.9 Å². The van der Waals surface area contributed by atoms with Crippen LogP contribution in [0.25, 0.3) is 10.4 Å². The summed E-state index contributed by atoms with van der Waals surface area (Å²) in [5.41, 5.74) is 9.60. The van der Waals surface area contributed by atoms with E-state index in [9.17, 15) is 4.79 Å². The van der Waals surface area contributed by atoms with Gasteiger partial charge in [0.2, 0.25) is 0 Å². The Kier molecular flexibility index (Phi) is 5.04. The van der Waals surface area contributed by atoms with Gasteiger partial charge in [0.25, 0.3) is 0 Å². The molecule has 22 heavy (non-hydrogen) atoms. The average Bonchev–Trinajstić information content (AvgIpc) is 2.54. The lowest BCUT2D eigenvalue weighted by Gasteiger charge is -2.12. The van der Waals surface area contributed by atoms with E-state index in [1.807, 2.05) is 0 Å². The summed E-state index contributed by atoms with van der Waals surface area (Å²) in [6.07, 6.45) is 0. The summed E-state index contributed by atoms with van der Waals surface area (Å²) in [6, 6.07) is 9.88. The average molecular weight is 362 g/mol. The number of nitrogens with zero attached hydrogens (tertiary/aromatic N) is 3. The molecule has 0 bridgehead atoms. The van der Waals surface area contributed by atoms with Crippen LogP contribution in [-0.2, 0) is 0 Å². The van der Waals surface area contributed by atoms with Gasteiger partial charge >= 0.3 is 0 Å². The van der Waals surface area contributed by atoms with E-state index in [0.29, 0.717) is 17.1 Å². The molecule has 6 nitrogen and oxygen atoms in total. The highest BCUT2D eigenvalue weighted by Gasteiger charge is 2.17. The van der Waals surface area contributed by atoms with E-state index in [1.54, 1.807) is 24.3 Å². The number of carbonyl (C=O) groups is 1. The normalized spacial score (nSPS) is 9.77. The minimum Gasteiger partial charge on any atom is -0.493 e. The number of ether oxygens (including phenoxy) is 2. The smallest absolute Gasteiger partial charge is 0.193 e. The summed E-state index contributed by atoms with van der Waals surface area (Å²) in [5, 5.41) is 3.57. The highest BCUT2D eigenvalue weighted by atomic mass is 79.9. The number of methoxy groups -OCH3 is 2. The molecule has 0 N–H and O–H groups in total. The molecular weight excluding hydrogens is 350 g/mol. The molecule has 0 heterocycles. The fraction of sp³-hybridized carbons (Fsp3) is 0.133. The van der Waals surface area contributed by atoms with Gasteiger partial charge in [-0.3, -0.25) is 4.79 Å². The number of benzene rings is 2. The molecule has 0 saturated carbocycles. The number of ketones is 1. The molecule has 112 valence electrons. The van der Waals surface area contributed by atoms with E-state index in [-0.39, 0.29) is 17.0 Å². The molecule has 0 aromatic heterocycles. The molecule has 0 atom stereocenters. The molecule has 0 fully saturated rings. The molecule has 2 rings (SSSR count). The van der Waals surface area contributed by atoms with Crippen molar-refractivity contribution >= 4 is 27.4 Å². The van der Waals surface area contributed by atoms with Crippen molar-refractivity contribution in [1.82, 2.24) is 0 Å². The Balaban J connectivity index is 2.59. The summed E-state index contributed by atoms with van der Waals surface area (Å²) < 4.78 is 11.2. The molecule has 0 unspecified atom stereocenters. The molecule has 0 aliphatic heterocycles. The van der Waals surface area contributed by atoms with Gasteiger partial charge in [-0.05, 0) is 41.9 Å². The lowest BCUT2D eigenvalue weighted by molar-refractivity contribution is 0.103. The summed E-state index contributed by atoms with van der Waals surface area (Å²) in [7, 11) is 2.94. The monoisotopic (exact) mass is 361 g/mol. The highest BCUT2D eigenvalue weighted by molar-refractivity contribution is 9.10. The number of halogens is 1. The summed E-state index contributed by atoms with van der Waals surface area (Å²) >= 11 is 3.32. The Morgan fingerprint density at radius 1 is 1.14 bits per heavy atom. The predicted molar refractivity (Wildman–Crippen MR) is 85.9 cm³/mol.